The van der Waals surface area contributed by atoms with E-state index < -0.39 is 12.1 Å². The number of rotatable bonds is 5. The third-order valence-electron chi connectivity index (χ3n) is 1.92. The highest BCUT2D eigenvalue weighted by atomic mass is 79.9. The van der Waals surface area contributed by atoms with Gasteiger partial charge >= 0.3 is 5.97 Å². The third-order valence-corrected chi connectivity index (χ3v) is 2.45. The summed E-state index contributed by atoms with van der Waals surface area (Å²) in [6, 6.07) is 7.13. The van der Waals surface area contributed by atoms with Crippen molar-refractivity contribution in [1.29, 1.82) is 0 Å². The number of carboxylic acid groups (broad SMARTS) is 1. The molecule has 1 unspecified atom stereocenters. The molecule has 4 heteroatoms. The minimum absolute atomic E-state index is 0.519. The van der Waals surface area contributed by atoms with E-state index in [0.717, 1.165) is 10.9 Å². The highest BCUT2D eigenvalue weighted by molar-refractivity contribution is 9.10. The summed E-state index contributed by atoms with van der Waals surface area (Å²) in [5, 5.41) is 8.89. The Bertz CT molecular complexity index is 321. The van der Waals surface area contributed by atoms with Crippen LogP contribution in [0, 0.1) is 0 Å². The lowest BCUT2D eigenvalue weighted by molar-refractivity contribution is -0.145. The van der Waals surface area contributed by atoms with E-state index in [1.165, 1.54) is 0 Å². The topological polar surface area (TPSA) is 46.5 Å². The second-order valence-corrected chi connectivity index (χ2v) is 4.10. The zero-order valence-corrected chi connectivity index (χ0v) is 10.0. The van der Waals surface area contributed by atoms with Crippen LogP contribution < -0.4 is 4.74 Å². The Balaban J connectivity index is 2.65. The monoisotopic (exact) mass is 272 g/mol. The molecule has 0 bridgehead atoms. The lowest BCUT2D eigenvalue weighted by Crippen LogP contribution is -2.26. The summed E-state index contributed by atoms with van der Waals surface area (Å²) in [6.45, 7) is 1.93. The van der Waals surface area contributed by atoms with Crippen LogP contribution in [0.5, 0.6) is 5.75 Å². The van der Waals surface area contributed by atoms with Gasteiger partial charge in [-0.2, -0.15) is 0 Å². The van der Waals surface area contributed by atoms with Crippen molar-refractivity contribution < 1.29 is 14.6 Å². The van der Waals surface area contributed by atoms with Crippen molar-refractivity contribution in [3.05, 3.63) is 28.7 Å². The molecule has 0 aromatic heterocycles. The summed E-state index contributed by atoms with van der Waals surface area (Å²) < 4.78 is 6.29. The number of aliphatic carboxylic acids is 1. The van der Waals surface area contributed by atoms with Crippen LogP contribution >= 0.6 is 15.9 Å². The number of hydrogen-bond acceptors (Lipinski definition) is 2. The van der Waals surface area contributed by atoms with Gasteiger partial charge in [0.05, 0.1) is 0 Å². The first-order valence-electron chi connectivity index (χ1n) is 4.78. The van der Waals surface area contributed by atoms with Gasteiger partial charge in [-0.3, -0.25) is 0 Å². The quantitative estimate of drug-likeness (QED) is 0.896. The molecule has 15 heavy (non-hydrogen) atoms. The molecule has 0 saturated carbocycles. The van der Waals surface area contributed by atoms with Crippen molar-refractivity contribution in [3.8, 4) is 5.75 Å². The van der Waals surface area contributed by atoms with E-state index in [4.69, 9.17) is 9.84 Å². The Morgan fingerprint density at radius 1 is 1.47 bits per heavy atom. The van der Waals surface area contributed by atoms with Crippen LogP contribution in [0.4, 0.5) is 0 Å². The average Bonchev–Trinajstić information content (AvgIpc) is 2.20. The number of halogens is 1. The highest BCUT2D eigenvalue weighted by Gasteiger charge is 2.17. The molecule has 0 saturated heterocycles. The fourth-order valence-electron chi connectivity index (χ4n) is 1.17. The standard InChI is InChI=1S/C11H13BrO3/c1-2-3-10(11(13)14)15-9-6-4-8(12)5-7-9/h4-7,10H,2-3H2,1H3,(H,13,14). The fraction of sp³-hybridized carbons (Fsp3) is 0.364. The maximum atomic E-state index is 10.8. The van der Waals surface area contributed by atoms with Crippen LogP contribution in [-0.4, -0.2) is 17.2 Å². The molecule has 1 aromatic carbocycles. The second kappa shape index (κ2) is 5.75. The zero-order chi connectivity index (χ0) is 11.3. The molecule has 3 nitrogen and oxygen atoms in total. The molecule has 0 fully saturated rings. The number of carbonyl (C=O) groups is 1. The molecule has 1 atom stereocenters. The number of benzene rings is 1. The van der Waals surface area contributed by atoms with Gasteiger partial charge in [-0.25, -0.2) is 4.79 Å². The Hall–Kier alpha value is -1.03. The summed E-state index contributed by atoms with van der Waals surface area (Å²) in [5.74, 6) is -0.334. The first kappa shape index (κ1) is 12.0. The predicted octanol–water partition coefficient (Wildman–Crippen LogP) is 3.08. The van der Waals surface area contributed by atoms with Gasteiger partial charge in [0.2, 0.25) is 0 Å². The lowest BCUT2D eigenvalue weighted by Gasteiger charge is -2.13. The summed E-state index contributed by atoms with van der Waals surface area (Å²) >= 11 is 3.30. The summed E-state index contributed by atoms with van der Waals surface area (Å²) in [7, 11) is 0. The maximum absolute atomic E-state index is 10.8. The van der Waals surface area contributed by atoms with Crippen molar-refractivity contribution in [2.75, 3.05) is 0 Å². The van der Waals surface area contributed by atoms with Crippen LogP contribution in [0.25, 0.3) is 0 Å². The molecule has 0 aliphatic rings. The summed E-state index contributed by atoms with van der Waals surface area (Å²) in [6.07, 6.45) is 0.551. The molecule has 1 N–H and O–H groups in total. The largest absolute Gasteiger partial charge is 0.479 e. The van der Waals surface area contributed by atoms with Crippen LogP contribution in [-0.2, 0) is 4.79 Å². The minimum atomic E-state index is -0.917. The number of hydrogen-bond donors (Lipinski definition) is 1. The molecule has 0 aliphatic heterocycles. The molecule has 82 valence electrons. The minimum Gasteiger partial charge on any atom is -0.479 e. The maximum Gasteiger partial charge on any atom is 0.344 e. The van der Waals surface area contributed by atoms with Crippen LogP contribution in [0.1, 0.15) is 19.8 Å². The van der Waals surface area contributed by atoms with Crippen molar-refractivity contribution >= 4 is 21.9 Å². The average molecular weight is 273 g/mol. The predicted molar refractivity (Wildman–Crippen MR) is 61.1 cm³/mol. The lowest BCUT2D eigenvalue weighted by atomic mass is 10.2. The molecular weight excluding hydrogens is 260 g/mol. The van der Waals surface area contributed by atoms with Crippen molar-refractivity contribution in [3.63, 3.8) is 0 Å². The van der Waals surface area contributed by atoms with Crippen LogP contribution in [0.3, 0.4) is 0 Å². The molecule has 0 radical (unpaired) electrons. The Morgan fingerprint density at radius 2 is 2.07 bits per heavy atom. The van der Waals surface area contributed by atoms with E-state index in [1.54, 1.807) is 12.1 Å². The Labute approximate surface area is 97.2 Å². The number of carboxylic acids is 1. The van der Waals surface area contributed by atoms with Crippen LogP contribution in [0.2, 0.25) is 0 Å². The van der Waals surface area contributed by atoms with E-state index in [-0.39, 0.29) is 0 Å². The van der Waals surface area contributed by atoms with Crippen molar-refractivity contribution in [2.45, 2.75) is 25.9 Å². The zero-order valence-electron chi connectivity index (χ0n) is 8.44. The first-order valence-corrected chi connectivity index (χ1v) is 5.57. The van der Waals surface area contributed by atoms with E-state index in [2.05, 4.69) is 15.9 Å². The van der Waals surface area contributed by atoms with E-state index in [0.29, 0.717) is 12.2 Å². The van der Waals surface area contributed by atoms with E-state index in [9.17, 15) is 4.79 Å². The van der Waals surface area contributed by atoms with Gasteiger partial charge in [0.1, 0.15) is 5.75 Å². The number of ether oxygens (including phenoxy) is 1. The normalized spacial score (nSPS) is 12.1. The molecular formula is C11H13BrO3. The molecule has 1 aromatic rings. The summed E-state index contributed by atoms with van der Waals surface area (Å²) in [4.78, 5) is 10.8. The Morgan fingerprint density at radius 3 is 2.53 bits per heavy atom. The SMILES string of the molecule is CCCC(Oc1ccc(Br)cc1)C(=O)O. The van der Waals surface area contributed by atoms with Gasteiger partial charge < -0.3 is 9.84 Å². The van der Waals surface area contributed by atoms with Crippen LogP contribution in [0.15, 0.2) is 28.7 Å². The Kier molecular flexibility index (Phi) is 4.62. The van der Waals surface area contributed by atoms with Gasteiger partial charge in [-0.1, -0.05) is 29.3 Å². The van der Waals surface area contributed by atoms with Gasteiger partial charge in [0.15, 0.2) is 6.10 Å². The third kappa shape index (κ3) is 3.91. The molecule has 0 spiro atoms. The van der Waals surface area contributed by atoms with Gasteiger partial charge in [-0.05, 0) is 30.7 Å². The smallest absolute Gasteiger partial charge is 0.344 e. The van der Waals surface area contributed by atoms with Crippen molar-refractivity contribution in [1.82, 2.24) is 0 Å². The van der Waals surface area contributed by atoms with Gasteiger partial charge in [-0.15, -0.1) is 0 Å². The fourth-order valence-corrected chi connectivity index (χ4v) is 1.44. The molecule has 0 aliphatic carbocycles. The van der Waals surface area contributed by atoms with Gasteiger partial charge in [0, 0.05) is 4.47 Å². The summed E-state index contributed by atoms with van der Waals surface area (Å²) in [5.41, 5.74) is 0. The highest BCUT2D eigenvalue weighted by Crippen LogP contribution is 2.18. The van der Waals surface area contributed by atoms with E-state index >= 15 is 0 Å². The van der Waals surface area contributed by atoms with Gasteiger partial charge in [0.25, 0.3) is 0 Å². The first-order chi connectivity index (χ1) is 7.13. The molecule has 0 heterocycles. The molecule has 1 rings (SSSR count). The van der Waals surface area contributed by atoms with Crippen molar-refractivity contribution in [2.24, 2.45) is 0 Å². The second-order valence-electron chi connectivity index (χ2n) is 3.19. The molecule has 0 amide bonds. The van der Waals surface area contributed by atoms with E-state index in [1.807, 2.05) is 19.1 Å².